The molecule has 2 saturated heterocycles. The summed E-state index contributed by atoms with van der Waals surface area (Å²) in [5.74, 6) is 0. The molecule has 23 heavy (non-hydrogen) atoms. The monoisotopic (exact) mass is 321 g/mol. The van der Waals surface area contributed by atoms with Crippen molar-refractivity contribution in [2.45, 2.75) is 71.7 Å². The molecule has 3 aliphatic rings. The minimum absolute atomic E-state index is 0.107. The van der Waals surface area contributed by atoms with E-state index in [1.807, 2.05) is 20.8 Å². The number of amides is 1. The molecule has 0 unspecified atom stereocenters. The fourth-order valence-electron chi connectivity index (χ4n) is 3.29. The minimum Gasteiger partial charge on any atom is -0.444 e. The van der Waals surface area contributed by atoms with Crippen molar-refractivity contribution in [3.63, 3.8) is 0 Å². The Kier molecular flexibility index (Phi) is 3.48. The highest BCUT2D eigenvalue weighted by Gasteiger charge is 2.58. The maximum absolute atomic E-state index is 12.0. The number of allylic oxidation sites excluding steroid dienone is 1. The highest BCUT2D eigenvalue weighted by molar-refractivity contribution is 6.55. The van der Waals surface area contributed by atoms with Gasteiger partial charge in [0.1, 0.15) is 5.60 Å². The van der Waals surface area contributed by atoms with Gasteiger partial charge in [0.05, 0.1) is 11.2 Å². The average molecular weight is 321 g/mol. The number of ether oxygens (including phenoxy) is 1. The second-order valence-electron chi connectivity index (χ2n) is 9.18. The predicted octanol–water partition coefficient (Wildman–Crippen LogP) is 3.19. The Labute approximate surface area is 139 Å². The largest absolute Gasteiger partial charge is 0.490 e. The van der Waals surface area contributed by atoms with Crippen molar-refractivity contribution in [1.82, 2.24) is 4.90 Å². The second-order valence-corrected chi connectivity index (χ2v) is 9.18. The van der Waals surface area contributed by atoms with E-state index in [1.54, 1.807) is 4.90 Å². The molecular formula is C17H28BNO4. The van der Waals surface area contributed by atoms with Crippen LogP contribution in [0.1, 0.15) is 54.9 Å². The van der Waals surface area contributed by atoms with Crippen LogP contribution in [0.3, 0.4) is 0 Å². The third-order valence-electron chi connectivity index (χ3n) is 5.27. The molecule has 128 valence electrons. The molecule has 2 heterocycles. The summed E-state index contributed by atoms with van der Waals surface area (Å²) in [5.41, 5.74) is 0.263. The first kappa shape index (κ1) is 16.8. The number of hydrogen-bond acceptors (Lipinski definition) is 4. The third-order valence-corrected chi connectivity index (χ3v) is 5.27. The molecule has 0 aromatic carbocycles. The first-order valence-corrected chi connectivity index (χ1v) is 8.38. The standard InChI is InChI=1S/C17H28BNO4/c1-14(2,3)21-13(20)19-10-17(11-19)8-12(9-17)18-22-15(4,5)16(6,7)23-18/h8H,9-11H2,1-7H3. The van der Waals surface area contributed by atoms with Crippen LogP contribution >= 0.6 is 0 Å². The number of nitrogens with zero attached hydrogens (tertiary/aromatic N) is 1. The number of hydrogen-bond donors (Lipinski definition) is 0. The molecule has 2 fully saturated rings. The Morgan fingerprint density at radius 2 is 1.65 bits per heavy atom. The molecule has 5 nitrogen and oxygen atoms in total. The zero-order valence-corrected chi connectivity index (χ0v) is 15.4. The van der Waals surface area contributed by atoms with Crippen LogP contribution in [0.15, 0.2) is 11.5 Å². The average Bonchev–Trinajstić information content (AvgIpc) is 2.40. The van der Waals surface area contributed by atoms with Crippen molar-refractivity contribution in [1.29, 1.82) is 0 Å². The summed E-state index contributed by atoms with van der Waals surface area (Å²) in [4.78, 5) is 13.8. The van der Waals surface area contributed by atoms with E-state index in [4.69, 9.17) is 14.0 Å². The van der Waals surface area contributed by atoms with Crippen molar-refractivity contribution in [2.75, 3.05) is 13.1 Å². The van der Waals surface area contributed by atoms with Gasteiger partial charge in [-0.3, -0.25) is 0 Å². The molecule has 0 saturated carbocycles. The zero-order chi connectivity index (χ0) is 17.3. The van der Waals surface area contributed by atoms with Crippen LogP contribution < -0.4 is 0 Å². The molecule has 6 heteroatoms. The first-order valence-electron chi connectivity index (χ1n) is 8.38. The normalized spacial score (nSPS) is 27.3. The van der Waals surface area contributed by atoms with Gasteiger partial charge in [0.15, 0.2) is 0 Å². The Morgan fingerprint density at radius 3 is 2.09 bits per heavy atom. The maximum Gasteiger partial charge on any atom is 0.490 e. The fraction of sp³-hybridized carbons (Fsp3) is 0.824. The number of likely N-dealkylation sites (tertiary alicyclic amines) is 1. The van der Waals surface area contributed by atoms with Crippen LogP contribution in [0, 0.1) is 5.41 Å². The summed E-state index contributed by atoms with van der Waals surface area (Å²) in [7, 11) is -0.249. The summed E-state index contributed by atoms with van der Waals surface area (Å²) >= 11 is 0. The first-order chi connectivity index (χ1) is 10.3. The van der Waals surface area contributed by atoms with E-state index in [-0.39, 0.29) is 29.8 Å². The fourth-order valence-corrected chi connectivity index (χ4v) is 3.29. The minimum atomic E-state index is -0.441. The molecule has 0 N–H and O–H groups in total. The number of carbonyl (C=O) groups is 1. The Bertz CT molecular complexity index is 539. The van der Waals surface area contributed by atoms with Crippen molar-refractivity contribution in [3.05, 3.63) is 11.5 Å². The lowest BCUT2D eigenvalue weighted by Crippen LogP contribution is -2.62. The number of rotatable bonds is 1. The molecule has 1 spiro atoms. The molecule has 3 rings (SSSR count). The van der Waals surface area contributed by atoms with Gasteiger partial charge in [0, 0.05) is 18.5 Å². The molecule has 1 aliphatic carbocycles. The molecule has 1 amide bonds. The molecule has 0 aromatic rings. The van der Waals surface area contributed by atoms with Crippen LogP contribution in [0.2, 0.25) is 0 Å². The lowest BCUT2D eigenvalue weighted by molar-refractivity contribution is -0.0234. The summed E-state index contributed by atoms with van der Waals surface area (Å²) in [6, 6.07) is 0. The van der Waals surface area contributed by atoms with Gasteiger partial charge in [0.25, 0.3) is 0 Å². The molecule has 0 bridgehead atoms. The van der Waals surface area contributed by atoms with E-state index in [1.165, 1.54) is 5.47 Å². The van der Waals surface area contributed by atoms with Crippen LogP contribution in [0.5, 0.6) is 0 Å². The SMILES string of the molecule is CC(C)(C)OC(=O)N1CC2(C=C(B3OC(C)(C)C(C)(C)O3)C2)C1. The van der Waals surface area contributed by atoms with Gasteiger partial charge in [-0.2, -0.15) is 0 Å². The van der Waals surface area contributed by atoms with Gasteiger partial charge in [-0.1, -0.05) is 6.08 Å². The topological polar surface area (TPSA) is 48.0 Å². The summed E-state index contributed by atoms with van der Waals surface area (Å²) in [6.45, 7) is 15.4. The summed E-state index contributed by atoms with van der Waals surface area (Å²) in [5, 5.41) is 0. The van der Waals surface area contributed by atoms with Crippen molar-refractivity contribution in [3.8, 4) is 0 Å². The van der Waals surface area contributed by atoms with Crippen molar-refractivity contribution >= 4 is 13.2 Å². The van der Waals surface area contributed by atoms with Gasteiger partial charge >= 0.3 is 13.2 Å². The van der Waals surface area contributed by atoms with Gasteiger partial charge in [-0.05, 0) is 60.4 Å². The van der Waals surface area contributed by atoms with Gasteiger partial charge in [-0.25, -0.2) is 4.79 Å². The van der Waals surface area contributed by atoms with E-state index in [0.717, 1.165) is 19.5 Å². The summed E-state index contributed by atoms with van der Waals surface area (Å²) in [6.07, 6.45) is 2.94. The van der Waals surface area contributed by atoms with E-state index in [0.29, 0.717) is 0 Å². The van der Waals surface area contributed by atoms with Crippen LogP contribution in [0.25, 0.3) is 0 Å². The molecule has 2 aliphatic heterocycles. The number of carbonyl (C=O) groups excluding carboxylic acids is 1. The quantitative estimate of drug-likeness (QED) is 0.696. The van der Waals surface area contributed by atoms with Crippen molar-refractivity contribution < 1.29 is 18.8 Å². The van der Waals surface area contributed by atoms with Gasteiger partial charge < -0.3 is 18.9 Å². The van der Waals surface area contributed by atoms with Crippen LogP contribution in [-0.2, 0) is 14.0 Å². The van der Waals surface area contributed by atoms with E-state index < -0.39 is 5.60 Å². The Hall–Kier alpha value is -1.01. The lowest BCUT2D eigenvalue weighted by atomic mass is 9.55. The highest BCUT2D eigenvalue weighted by Crippen LogP contribution is 2.50. The third kappa shape index (κ3) is 2.91. The predicted molar refractivity (Wildman–Crippen MR) is 89.0 cm³/mol. The van der Waals surface area contributed by atoms with E-state index >= 15 is 0 Å². The highest BCUT2D eigenvalue weighted by atomic mass is 16.7. The zero-order valence-electron chi connectivity index (χ0n) is 15.4. The smallest absolute Gasteiger partial charge is 0.444 e. The summed E-state index contributed by atoms with van der Waals surface area (Å²) < 4.78 is 17.6. The van der Waals surface area contributed by atoms with E-state index in [9.17, 15) is 4.79 Å². The van der Waals surface area contributed by atoms with E-state index in [2.05, 4.69) is 33.8 Å². The lowest BCUT2D eigenvalue weighted by Gasteiger charge is -2.53. The molecule has 0 aromatic heterocycles. The Morgan fingerprint density at radius 1 is 1.17 bits per heavy atom. The molecule has 0 radical (unpaired) electrons. The van der Waals surface area contributed by atoms with Crippen LogP contribution in [0.4, 0.5) is 4.79 Å². The van der Waals surface area contributed by atoms with Crippen molar-refractivity contribution in [2.24, 2.45) is 5.41 Å². The van der Waals surface area contributed by atoms with Gasteiger partial charge in [-0.15, -0.1) is 0 Å². The Balaban J connectivity index is 1.55. The maximum atomic E-state index is 12.0. The van der Waals surface area contributed by atoms with Crippen LogP contribution in [-0.4, -0.2) is 48.0 Å². The van der Waals surface area contributed by atoms with Gasteiger partial charge in [0.2, 0.25) is 0 Å². The molecule has 0 atom stereocenters. The molecular weight excluding hydrogens is 293 g/mol. The second kappa shape index (κ2) is 4.76.